The number of carbonyl (C=O) groups excluding carboxylic acids is 2. The molecule has 19 heavy (non-hydrogen) atoms. The molecule has 0 saturated carbocycles. The van der Waals surface area contributed by atoms with E-state index in [1.165, 1.54) is 13.0 Å². The Hall–Kier alpha value is -2.82. The van der Waals surface area contributed by atoms with Gasteiger partial charge in [-0.3, -0.25) is 20.4 Å². The summed E-state index contributed by atoms with van der Waals surface area (Å²) in [6.07, 6.45) is 0. The molecule has 0 spiro atoms. The summed E-state index contributed by atoms with van der Waals surface area (Å²) in [5, 5.41) is 8.92. The molecule has 1 rings (SSSR count). The molecule has 0 saturated heterocycles. The quantitative estimate of drug-likeness (QED) is 0.642. The zero-order chi connectivity index (χ0) is 14.4. The van der Waals surface area contributed by atoms with Crippen LogP contribution in [-0.4, -0.2) is 23.4 Å². The lowest BCUT2D eigenvalue weighted by atomic mass is 10.2. The van der Waals surface area contributed by atoms with Gasteiger partial charge in [0.2, 0.25) is 11.8 Å². The minimum atomic E-state index is -0.660. The third kappa shape index (κ3) is 3.57. The topological polar surface area (TPSA) is 130 Å². The van der Waals surface area contributed by atoms with E-state index in [1.807, 2.05) is 6.07 Å². The lowest BCUT2D eigenvalue weighted by Gasteiger charge is -2.09. The first-order valence-electron chi connectivity index (χ1n) is 5.40. The number of pyridine rings is 1. The van der Waals surface area contributed by atoms with Crippen molar-refractivity contribution in [1.29, 1.82) is 5.26 Å². The molecule has 0 aliphatic rings. The van der Waals surface area contributed by atoms with Crippen molar-refractivity contribution in [3.63, 3.8) is 0 Å². The Balaban J connectivity index is 3.06. The highest BCUT2D eigenvalue weighted by molar-refractivity contribution is 5.94. The predicted octanol–water partition coefficient (Wildman–Crippen LogP) is -0.285. The van der Waals surface area contributed by atoms with Gasteiger partial charge in [0.05, 0.1) is 12.3 Å². The molecule has 1 aromatic heterocycles. The van der Waals surface area contributed by atoms with Gasteiger partial charge in [0.15, 0.2) is 0 Å². The highest BCUT2D eigenvalue weighted by Crippen LogP contribution is 2.22. The summed E-state index contributed by atoms with van der Waals surface area (Å²) >= 11 is 0. The number of nitriles is 1. The summed E-state index contributed by atoms with van der Waals surface area (Å²) in [5.41, 5.74) is 9.99. The lowest BCUT2D eigenvalue weighted by Crippen LogP contribution is -2.40. The van der Waals surface area contributed by atoms with Gasteiger partial charge in [0.25, 0.3) is 5.91 Å². The summed E-state index contributed by atoms with van der Waals surface area (Å²) in [7, 11) is 0. The van der Waals surface area contributed by atoms with Crippen molar-refractivity contribution in [2.45, 2.75) is 13.8 Å². The predicted molar refractivity (Wildman–Crippen MR) is 65.8 cm³/mol. The van der Waals surface area contributed by atoms with E-state index in [1.54, 1.807) is 6.92 Å². The Morgan fingerprint density at radius 1 is 1.53 bits per heavy atom. The number of carbonyl (C=O) groups is 2. The normalized spacial score (nSPS) is 9.32. The molecular formula is C11H13N5O3. The van der Waals surface area contributed by atoms with Crippen molar-refractivity contribution in [3.05, 3.63) is 17.3 Å². The van der Waals surface area contributed by atoms with Crippen LogP contribution in [0.1, 0.15) is 29.9 Å². The summed E-state index contributed by atoms with van der Waals surface area (Å²) in [6, 6.07) is 3.09. The summed E-state index contributed by atoms with van der Waals surface area (Å²) in [6.45, 7) is 3.23. The average molecular weight is 263 g/mol. The van der Waals surface area contributed by atoms with Crippen molar-refractivity contribution >= 4 is 17.5 Å². The van der Waals surface area contributed by atoms with E-state index in [0.29, 0.717) is 0 Å². The first kappa shape index (κ1) is 14.2. The molecule has 0 aliphatic carbocycles. The molecule has 8 heteroatoms. The molecule has 1 heterocycles. The molecule has 0 unspecified atom stereocenters. The van der Waals surface area contributed by atoms with Crippen LogP contribution in [-0.2, 0) is 4.79 Å². The number of anilines is 1. The van der Waals surface area contributed by atoms with Crippen LogP contribution in [0.3, 0.4) is 0 Å². The van der Waals surface area contributed by atoms with Crippen molar-refractivity contribution in [2.24, 2.45) is 0 Å². The molecule has 0 fully saturated rings. The number of nitrogen functional groups attached to an aromatic ring is 1. The number of aromatic nitrogens is 1. The number of rotatable bonds is 3. The lowest BCUT2D eigenvalue weighted by molar-refractivity contribution is -0.119. The average Bonchev–Trinajstić information content (AvgIpc) is 2.36. The fourth-order valence-electron chi connectivity index (χ4n) is 1.22. The minimum absolute atomic E-state index is 0.0158. The number of ether oxygens (including phenoxy) is 1. The van der Waals surface area contributed by atoms with Crippen molar-refractivity contribution in [3.8, 4) is 11.9 Å². The molecular weight excluding hydrogens is 250 g/mol. The van der Waals surface area contributed by atoms with Gasteiger partial charge >= 0.3 is 0 Å². The van der Waals surface area contributed by atoms with Gasteiger partial charge in [-0.1, -0.05) is 0 Å². The van der Waals surface area contributed by atoms with Crippen molar-refractivity contribution < 1.29 is 14.3 Å². The van der Waals surface area contributed by atoms with Crippen molar-refractivity contribution in [2.75, 3.05) is 12.3 Å². The molecule has 4 N–H and O–H groups in total. The fourth-order valence-corrected chi connectivity index (χ4v) is 1.22. The third-order valence-corrected chi connectivity index (χ3v) is 1.99. The molecule has 0 radical (unpaired) electrons. The maximum absolute atomic E-state index is 11.7. The number of hydrazine groups is 1. The Morgan fingerprint density at radius 3 is 2.74 bits per heavy atom. The van der Waals surface area contributed by atoms with Crippen LogP contribution in [0.4, 0.5) is 5.69 Å². The fraction of sp³-hybridized carbons (Fsp3) is 0.273. The van der Waals surface area contributed by atoms with Crippen LogP contribution in [0, 0.1) is 11.3 Å². The van der Waals surface area contributed by atoms with E-state index in [2.05, 4.69) is 15.8 Å². The SMILES string of the molecule is CCOc1nc(C(=O)NNC(C)=O)cc(N)c1C#N. The molecule has 0 atom stereocenters. The summed E-state index contributed by atoms with van der Waals surface area (Å²) < 4.78 is 5.14. The number of nitrogens with two attached hydrogens (primary N) is 1. The summed E-state index contributed by atoms with van der Waals surface area (Å²) in [4.78, 5) is 26.2. The summed E-state index contributed by atoms with van der Waals surface area (Å²) in [5.74, 6) is -1.11. The Morgan fingerprint density at radius 2 is 2.21 bits per heavy atom. The van der Waals surface area contributed by atoms with Crippen LogP contribution in [0.25, 0.3) is 0 Å². The first-order chi connectivity index (χ1) is 8.99. The van der Waals surface area contributed by atoms with E-state index in [9.17, 15) is 9.59 Å². The molecule has 100 valence electrons. The second-order valence-corrected chi connectivity index (χ2v) is 3.46. The molecule has 0 aliphatic heterocycles. The van der Waals surface area contributed by atoms with Gasteiger partial charge in [-0.15, -0.1) is 0 Å². The van der Waals surface area contributed by atoms with Gasteiger partial charge in [-0.25, -0.2) is 4.98 Å². The van der Waals surface area contributed by atoms with E-state index >= 15 is 0 Å². The molecule has 8 nitrogen and oxygen atoms in total. The largest absolute Gasteiger partial charge is 0.477 e. The number of amides is 2. The standard InChI is InChI=1S/C11H13N5O3/c1-3-19-11-7(5-12)8(13)4-9(14-11)10(18)16-15-6(2)17/h4H,3H2,1-2H3,(H2,13,14)(H,15,17)(H,16,18). The zero-order valence-corrected chi connectivity index (χ0v) is 10.5. The van der Waals surface area contributed by atoms with E-state index in [4.69, 9.17) is 15.7 Å². The van der Waals surface area contributed by atoms with E-state index in [-0.39, 0.29) is 29.4 Å². The van der Waals surface area contributed by atoms with Crippen LogP contribution >= 0.6 is 0 Å². The first-order valence-corrected chi connectivity index (χ1v) is 5.40. The Bertz CT molecular complexity index is 550. The highest BCUT2D eigenvalue weighted by atomic mass is 16.5. The molecule has 0 bridgehead atoms. The Kier molecular flexibility index (Phi) is 4.65. The van der Waals surface area contributed by atoms with Crippen LogP contribution in [0.2, 0.25) is 0 Å². The monoisotopic (exact) mass is 263 g/mol. The number of hydrogen-bond acceptors (Lipinski definition) is 6. The molecule has 2 amide bonds. The highest BCUT2D eigenvalue weighted by Gasteiger charge is 2.16. The number of hydrogen-bond donors (Lipinski definition) is 3. The minimum Gasteiger partial charge on any atom is -0.477 e. The second kappa shape index (κ2) is 6.20. The smallest absolute Gasteiger partial charge is 0.288 e. The number of nitrogens with one attached hydrogen (secondary N) is 2. The van der Waals surface area contributed by atoms with E-state index in [0.717, 1.165) is 0 Å². The van der Waals surface area contributed by atoms with Gasteiger partial charge in [-0.2, -0.15) is 5.26 Å². The molecule has 1 aromatic rings. The van der Waals surface area contributed by atoms with Crippen LogP contribution < -0.4 is 21.3 Å². The maximum Gasteiger partial charge on any atom is 0.288 e. The van der Waals surface area contributed by atoms with Crippen LogP contribution in [0.5, 0.6) is 5.88 Å². The Labute approximate surface area is 109 Å². The third-order valence-electron chi connectivity index (χ3n) is 1.99. The maximum atomic E-state index is 11.7. The molecule has 0 aromatic carbocycles. The van der Waals surface area contributed by atoms with Gasteiger partial charge in [0.1, 0.15) is 17.3 Å². The van der Waals surface area contributed by atoms with Crippen molar-refractivity contribution in [1.82, 2.24) is 15.8 Å². The van der Waals surface area contributed by atoms with Gasteiger partial charge in [0, 0.05) is 6.92 Å². The zero-order valence-electron chi connectivity index (χ0n) is 10.5. The van der Waals surface area contributed by atoms with Crippen LogP contribution in [0.15, 0.2) is 6.07 Å². The second-order valence-electron chi connectivity index (χ2n) is 3.46. The van der Waals surface area contributed by atoms with E-state index < -0.39 is 11.8 Å². The van der Waals surface area contributed by atoms with Gasteiger partial charge < -0.3 is 10.5 Å². The van der Waals surface area contributed by atoms with Gasteiger partial charge in [-0.05, 0) is 13.0 Å². The number of nitrogens with zero attached hydrogens (tertiary/aromatic N) is 2.